The average molecular weight is 490 g/mol. The van der Waals surface area contributed by atoms with Gasteiger partial charge in [-0.3, -0.25) is 4.79 Å². The minimum Gasteiger partial charge on any atom is -0.321 e. The van der Waals surface area contributed by atoms with E-state index < -0.39 is 28.7 Å². The molecule has 3 aromatic rings. The summed E-state index contributed by atoms with van der Waals surface area (Å²) < 4.78 is 62.1. The zero-order chi connectivity index (χ0) is 22.8. The number of halogens is 4. The molecule has 0 aliphatic heterocycles. The molecule has 0 bridgehead atoms. The van der Waals surface area contributed by atoms with E-state index in [4.69, 9.17) is 11.6 Å². The van der Waals surface area contributed by atoms with Gasteiger partial charge in [0.1, 0.15) is 16.4 Å². The number of carbonyl (C=O) groups is 1. The maximum atomic E-state index is 12.6. The van der Waals surface area contributed by atoms with Crippen LogP contribution in [-0.2, 0) is 10.0 Å². The first kappa shape index (κ1) is 23.2. The van der Waals surface area contributed by atoms with E-state index in [2.05, 4.69) is 10.3 Å². The molecule has 1 amide bonds. The molecular formula is C19H15ClF3N3O3S2. The second-order valence-electron chi connectivity index (χ2n) is 6.36. The summed E-state index contributed by atoms with van der Waals surface area (Å²) >= 11 is 7.06. The highest BCUT2D eigenvalue weighted by Gasteiger charge is 2.30. The number of aryl methyl sites for hydroxylation is 1. The van der Waals surface area contributed by atoms with Gasteiger partial charge in [-0.1, -0.05) is 23.7 Å². The lowest BCUT2D eigenvalue weighted by molar-refractivity contribution is -0.121. The van der Waals surface area contributed by atoms with Gasteiger partial charge >= 0.3 is 6.18 Å². The molecule has 0 saturated heterocycles. The van der Waals surface area contributed by atoms with Crippen molar-refractivity contribution in [2.24, 2.45) is 0 Å². The summed E-state index contributed by atoms with van der Waals surface area (Å²) in [5.74, 6) is -0.444. The molecule has 1 aromatic heterocycles. The van der Waals surface area contributed by atoms with Crippen molar-refractivity contribution in [2.75, 3.05) is 11.9 Å². The highest BCUT2D eigenvalue weighted by molar-refractivity contribution is 7.89. The van der Waals surface area contributed by atoms with E-state index in [1.807, 2.05) is 0 Å². The second-order valence-corrected chi connectivity index (χ2v) is 9.56. The first-order valence-corrected chi connectivity index (χ1v) is 11.3. The summed E-state index contributed by atoms with van der Waals surface area (Å²) in [6.07, 6.45) is -4.67. The second kappa shape index (κ2) is 8.95. The topological polar surface area (TPSA) is 88.2 Å². The predicted octanol–water partition coefficient (Wildman–Crippen LogP) is 4.86. The van der Waals surface area contributed by atoms with Gasteiger partial charge in [0, 0.05) is 16.3 Å². The first-order valence-electron chi connectivity index (χ1n) is 8.66. The highest BCUT2D eigenvalue weighted by Crippen LogP contribution is 2.29. The fraction of sp³-hybridized carbons (Fsp3) is 0.158. The minimum absolute atomic E-state index is 0.278. The molecule has 0 fully saturated rings. The summed E-state index contributed by atoms with van der Waals surface area (Å²) in [6, 6.07) is 11.8. The van der Waals surface area contributed by atoms with Crippen LogP contribution in [0.25, 0.3) is 10.6 Å². The number of nitrogens with zero attached hydrogens (tertiary/aromatic N) is 1. The van der Waals surface area contributed by atoms with E-state index in [1.54, 1.807) is 31.2 Å². The monoisotopic (exact) mass is 489 g/mol. The van der Waals surface area contributed by atoms with Crippen molar-refractivity contribution in [1.29, 1.82) is 0 Å². The van der Waals surface area contributed by atoms with Gasteiger partial charge in [-0.25, -0.2) is 18.1 Å². The standard InChI is InChI=1S/C19H15ClF3N3O3S2/c1-11-16(30-18(25-11)12-2-4-13(20)5-3-12)17(27)26-14-6-8-15(9-7-14)31(28,29)24-10-19(21,22)23/h2-9,24H,10H2,1H3,(H,26,27). The van der Waals surface area contributed by atoms with Crippen molar-refractivity contribution in [2.45, 2.75) is 18.0 Å². The normalized spacial score (nSPS) is 12.0. The Morgan fingerprint density at radius 3 is 2.29 bits per heavy atom. The summed E-state index contributed by atoms with van der Waals surface area (Å²) in [7, 11) is -4.33. The van der Waals surface area contributed by atoms with Gasteiger partial charge in [-0.05, 0) is 43.3 Å². The van der Waals surface area contributed by atoms with Gasteiger partial charge in [0.25, 0.3) is 5.91 Å². The Kier molecular flexibility index (Phi) is 6.70. The summed E-state index contributed by atoms with van der Waals surface area (Å²) in [5.41, 5.74) is 1.60. The lowest BCUT2D eigenvalue weighted by Crippen LogP contribution is -2.33. The number of rotatable bonds is 6. The Hall–Kier alpha value is -2.47. The number of thiazole rings is 1. The molecule has 0 spiro atoms. The van der Waals surface area contributed by atoms with E-state index in [9.17, 15) is 26.4 Å². The van der Waals surface area contributed by atoms with Crippen LogP contribution >= 0.6 is 22.9 Å². The molecule has 6 nitrogen and oxygen atoms in total. The summed E-state index contributed by atoms with van der Waals surface area (Å²) in [5, 5.41) is 3.84. The van der Waals surface area contributed by atoms with Crippen LogP contribution in [0.15, 0.2) is 53.4 Å². The predicted molar refractivity (Wildman–Crippen MR) is 113 cm³/mol. The first-order chi connectivity index (χ1) is 14.4. The molecule has 2 N–H and O–H groups in total. The summed E-state index contributed by atoms with van der Waals surface area (Å²) in [6.45, 7) is 0.0151. The van der Waals surface area contributed by atoms with Crippen molar-refractivity contribution in [3.63, 3.8) is 0 Å². The van der Waals surface area contributed by atoms with Gasteiger partial charge in [0.15, 0.2) is 0 Å². The van der Waals surface area contributed by atoms with Gasteiger partial charge in [0.2, 0.25) is 10.0 Å². The zero-order valence-corrected chi connectivity index (χ0v) is 18.2. The highest BCUT2D eigenvalue weighted by atomic mass is 35.5. The lowest BCUT2D eigenvalue weighted by Gasteiger charge is -2.10. The van der Waals surface area contributed by atoms with Crippen LogP contribution in [0.5, 0.6) is 0 Å². The van der Waals surface area contributed by atoms with Crippen molar-refractivity contribution in [1.82, 2.24) is 9.71 Å². The fourth-order valence-corrected chi connectivity index (χ4v) is 4.60. The van der Waals surface area contributed by atoms with Crippen molar-refractivity contribution in [3.8, 4) is 10.6 Å². The number of hydrogen-bond acceptors (Lipinski definition) is 5. The maximum Gasteiger partial charge on any atom is 0.402 e. The van der Waals surface area contributed by atoms with Crippen LogP contribution in [0.4, 0.5) is 18.9 Å². The SMILES string of the molecule is Cc1nc(-c2ccc(Cl)cc2)sc1C(=O)Nc1ccc(S(=O)(=O)NCC(F)(F)F)cc1. The molecule has 0 atom stereocenters. The van der Waals surface area contributed by atoms with Gasteiger partial charge < -0.3 is 5.32 Å². The number of hydrogen-bond donors (Lipinski definition) is 2. The number of amides is 1. The van der Waals surface area contributed by atoms with E-state index in [0.29, 0.717) is 20.6 Å². The average Bonchev–Trinajstić information content (AvgIpc) is 3.09. The molecule has 1 heterocycles. The molecule has 0 aliphatic carbocycles. The largest absolute Gasteiger partial charge is 0.402 e. The lowest BCUT2D eigenvalue weighted by atomic mass is 10.2. The van der Waals surface area contributed by atoms with Crippen molar-refractivity contribution < 1.29 is 26.4 Å². The number of benzene rings is 2. The van der Waals surface area contributed by atoms with Crippen LogP contribution in [-0.4, -0.2) is 32.0 Å². The number of carbonyl (C=O) groups excluding carboxylic acids is 1. The molecular weight excluding hydrogens is 475 g/mol. The Morgan fingerprint density at radius 1 is 1.10 bits per heavy atom. The number of anilines is 1. The number of sulfonamides is 1. The maximum absolute atomic E-state index is 12.6. The van der Waals surface area contributed by atoms with Crippen molar-refractivity contribution in [3.05, 3.63) is 64.1 Å². The smallest absolute Gasteiger partial charge is 0.321 e. The molecule has 0 saturated carbocycles. The molecule has 0 radical (unpaired) electrons. The molecule has 12 heteroatoms. The molecule has 31 heavy (non-hydrogen) atoms. The van der Waals surface area contributed by atoms with Crippen LogP contribution < -0.4 is 10.0 Å². The Bertz CT molecular complexity index is 1190. The number of nitrogens with one attached hydrogen (secondary N) is 2. The van der Waals surface area contributed by atoms with Gasteiger partial charge in [-0.2, -0.15) is 13.2 Å². The van der Waals surface area contributed by atoms with Crippen LogP contribution in [0, 0.1) is 6.92 Å². The van der Waals surface area contributed by atoms with E-state index >= 15 is 0 Å². The molecule has 3 rings (SSSR count). The van der Waals surface area contributed by atoms with Gasteiger partial charge in [-0.15, -0.1) is 11.3 Å². The van der Waals surface area contributed by atoms with Crippen LogP contribution in [0.3, 0.4) is 0 Å². The molecule has 0 unspecified atom stereocenters. The number of alkyl halides is 3. The van der Waals surface area contributed by atoms with Crippen LogP contribution in [0.2, 0.25) is 5.02 Å². The number of aromatic nitrogens is 1. The van der Waals surface area contributed by atoms with E-state index in [0.717, 1.165) is 17.7 Å². The zero-order valence-electron chi connectivity index (χ0n) is 15.8. The summed E-state index contributed by atoms with van der Waals surface area (Å²) in [4.78, 5) is 17.0. The van der Waals surface area contributed by atoms with Crippen molar-refractivity contribution >= 4 is 44.6 Å². The molecule has 2 aromatic carbocycles. The fourth-order valence-electron chi connectivity index (χ4n) is 2.49. The Morgan fingerprint density at radius 2 is 1.71 bits per heavy atom. The molecule has 0 aliphatic rings. The van der Waals surface area contributed by atoms with Crippen LogP contribution in [0.1, 0.15) is 15.4 Å². The van der Waals surface area contributed by atoms with E-state index in [-0.39, 0.29) is 10.6 Å². The molecule has 164 valence electrons. The minimum atomic E-state index is -4.67. The van der Waals surface area contributed by atoms with Gasteiger partial charge in [0.05, 0.1) is 10.6 Å². The third-order valence-electron chi connectivity index (χ3n) is 3.98. The Labute approximate surface area is 185 Å². The third kappa shape index (κ3) is 6.03. The third-order valence-corrected chi connectivity index (χ3v) is 6.85. The van der Waals surface area contributed by atoms with E-state index in [1.165, 1.54) is 28.2 Å². The quantitative estimate of drug-likeness (QED) is 0.517. The Balaban J connectivity index is 1.72.